The summed E-state index contributed by atoms with van der Waals surface area (Å²) in [5.41, 5.74) is 1.64. The second-order valence-corrected chi connectivity index (χ2v) is 6.26. The molecule has 0 spiro atoms. The number of carbonyl (C=O) groups is 1. The second-order valence-electron chi connectivity index (χ2n) is 5.15. The lowest BCUT2D eigenvalue weighted by Crippen LogP contribution is -2.33. The SMILES string of the molecule is COc1ccc(CCNC(=O)C(Br)Cc2ccccc2F)cc1. The number of hydrogen-bond donors (Lipinski definition) is 1. The van der Waals surface area contributed by atoms with Crippen LogP contribution in [0.4, 0.5) is 4.39 Å². The van der Waals surface area contributed by atoms with Crippen LogP contribution in [-0.2, 0) is 17.6 Å². The summed E-state index contributed by atoms with van der Waals surface area (Å²) in [7, 11) is 1.63. The quantitative estimate of drug-likeness (QED) is 0.747. The van der Waals surface area contributed by atoms with Crippen LogP contribution in [0.15, 0.2) is 48.5 Å². The van der Waals surface area contributed by atoms with Crippen LogP contribution in [-0.4, -0.2) is 24.4 Å². The van der Waals surface area contributed by atoms with Gasteiger partial charge in [0.1, 0.15) is 11.6 Å². The Hall–Kier alpha value is -1.88. The normalized spacial score (nSPS) is 11.8. The van der Waals surface area contributed by atoms with Crippen molar-refractivity contribution in [2.45, 2.75) is 17.7 Å². The van der Waals surface area contributed by atoms with E-state index in [9.17, 15) is 9.18 Å². The van der Waals surface area contributed by atoms with Gasteiger partial charge in [-0.05, 0) is 42.2 Å². The highest BCUT2D eigenvalue weighted by atomic mass is 79.9. The first kappa shape index (κ1) is 17.5. The Balaban J connectivity index is 1.78. The van der Waals surface area contributed by atoms with Gasteiger partial charge in [0, 0.05) is 6.54 Å². The molecule has 0 aliphatic carbocycles. The van der Waals surface area contributed by atoms with Crippen molar-refractivity contribution in [2.24, 2.45) is 0 Å². The molecule has 0 bridgehead atoms. The summed E-state index contributed by atoms with van der Waals surface area (Å²) in [6.07, 6.45) is 1.05. The molecular formula is C18H19BrFNO2. The lowest BCUT2D eigenvalue weighted by atomic mass is 10.1. The number of amides is 1. The summed E-state index contributed by atoms with van der Waals surface area (Å²) in [6.45, 7) is 0.532. The highest BCUT2D eigenvalue weighted by molar-refractivity contribution is 9.10. The van der Waals surface area contributed by atoms with Crippen molar-refractivity contribution < 1.29 is 13.9 Å². The highest BCUT2D eigenvalue weighted by Gasteiger charge is 2.16. The van der Waals surface area contributed by atoms with Crippen LogP contribution in [0, 0.1) is 5.82 Å². The minimum Gasteiger partial charge on any atom is -0.497 e. The molecule has 1 amide bonds. The molecule has 122 valence electrons. The standard InChI is InChI=1S/C18H19BrFNO2/c1-23-15-8-6-13(7-9-15)10-11-21-18(22)16(19)12-14-4-2-3-5-17(14)20/h2-9,16H,10-12H2,1H3,(H,21,22). The molecule has 0 heterocycles. The molecule has 23 heavy (non-hydrogen) atoms. The third-order valence-corrected chi connectivity index (χ3v) is 4.25. The zero-order valence-electron chi connectivity index (χ0n) is 12.9. The van der Waals surface area contributed by atoms with Gasteiger partial charge in [-0.3, -0.25) is 4.79 Å². The predicted octanol–water partition coefficient (Wildman–Crippen LogP) is 3.50. The lowest BCUT2D eigenvalue weighted by molar-refractivity contribution is -0.120. The molecule has 1 N–H and O–H groups in total. The molecule has 0 radical (unpaired) electrons. The van der Waals surface area contributed by atoms with Gasteiger partial charge in [0.15, 0.2) is 0 Å². The van der Waals surface area contributed by atoms with E-state index in [0.29, 0.717) is 18.5 Å². The summed E-state index contributed by atoms with van der Waals surface area (Å²) < 4.78 is 18.7. The van der Waals surface area contributed by atoms with Crippen molar-refractivity contribution in [1.29, 1.82) is 0 Å². The third kappa shape index (κ3) is 5.36. The van der Waals surface area contributed by atoms with E-state index in [-0.39, 0.29) is 11.7 Å². The van der Waals surface area contributed by atoms with Crippen molar-refractivity contribution in [2.75, 3.05) is 13.7 Å². The van der Waals surface area contributed by atoms with E-state index in [0.717, 1.165) is 17.7 Å². The van der Waals surface area contributed by atoms with Crippen LogP contribution in [0.2, 0.25) is 0 Å². The first-order valence-electron chi connectivity index (χ1n) is 7.38. The number of halogens is 2. The maximum absolute atomic E-state index is 13.6. The Morgan fingerprint density at radius 1 is 1.22 bits per heavy atom. The maximum atomic E-state index is 13.6. The molecule has 0 saturated carbocycles. The first-order chi connectivity index (χ1) is 11.1. The summed E-state index contributed by atoms with van der Waals surface area (Å²) in [5, 5.41) is 2.86. The zero-order chi connectivity index (χ0) is 16.7. The van der Waals surface area contributed by atoms with Crippen molar-refractivity contribution in [3.05, 3.63) is 65.5 Å². The molecule has 1 atom stereocenters. The number of benzene rings is 2. The zero-order valence-corrected chi connectivity index (χ0v) is 14.5. The summed E-state index contributed by atoms with van der Waals surface area (Å²) in [5.74, 6) is 0.382. The Labute approximate surface area is 144 Å². The second kappa shape index (κ2) is 8.67. The van der Waals surface area contributed by atoms with Gasteiger partial charge in [-0.2, -0.15) is 0 Å². The first-order valence-corrected chi connectivity index (χ1v) is 8.30. The van der Waals surface area contributed by atoms with Crippen molar-refractivity contribution >= 4 is 21.8 Å². The van der Waals surface area contributed by atoms with Crippen molar-refractivity contribution in [1.82, 2.24) is 5.32 Å². The minimum absolute atomic E-state index is 0.137. The van der Waals surface area contributed by atoms with Gasteiger partial charge >= 0.3 is 0 Å². The molecule has 5 heteroatoms. The van der Waals surface area contributed by atoms with Crippen LogP contribution in [0.25, 0.3) is 0 Å². The monoisotopic (exact) mass is 379 g/mol. The Morgan fingerprint density at radius 2 is 1.91 bits per heavy atom. The number of carbonyl (C=O) groups excluding carboxylic acids is 1. The summed E-state index contributed by atoms with van der Waals surface area (Å²) in [6, 6.07) is 14.2. The van der Waals surface area contributed by atoms with Gasteiger partial charge in [-0.25, -0.2) is 4.39 Å². The van der Waals surface area contributed by atoms with Crippen molar-refractivity contribution in [3.63, 3.8) is 0 Å². The van der Waals surface area contributed by atoms with E-state index in [2.05, 4.69) is 21.2 Å². The van der Waals surface area contributed by atoms with E-state index in [1.54, 1.807) is 25.3 Å². The Kier molecular flexibility index (Phi) is 6.59. The van der Waals surface area contributed by atoms with E-state index >= 15 is 0 Å². The number of nitrogens with one attached hydrogen (secondary N) is 1. The number of methoxy groups -OCH3 is 1. The molecule has 2 aromatic carbocycles. The molecule has 0 aliphatic heterocycles. The molecule has 2 aromatic rings. The fraction of sp³-hybridized carbons (Fsp3) is 0.278. The number of alkyl halides is 1. The predicted molar refractivity (Wildman–Crippen MR) is 92.5 cm³/mol. The van der Waals surface area contributed by atoms with Gasteiger partial charge in [-0.1, -0.05) is 46.3 Å². The van der Waals surface area contributed by atoms with Gasteiger partial charge in [-0.15, -0.1) is 0 Å². The van der Waals surface area contributed by atoms with Crippen LogP contribution >= 0.6 is 15.9 Å². The molecule has 3 nitrogen and oxygen atoms in total. The van der Waals surface area contributed by atoms with Crippen LogP contribution in [0.1, 0.15) is 11.1 Å². The van der Waals surface area contributed by atoms with E-state index < -0.39 is 4.83 Å². The summed E-state index contributed by atoms with van der Waals surface area (Å²) in [4.78, 5) is 11.6. The van der Waals surface area contributed by atoms with E-state index in [4.69, 9.17) is 4.74 Å². The van der Waals surface area contributed by atoms with E-state index in [1.807, 2.05) is 24.3 Å². The van der Waals surface area contributed by atoms with Crippen LogP contribution < -0.4 is 10.1 Å². The largest absolute Gasteiger partial charge is 0.497 e. The molecule has 0 aromatic heterocycles. The van der Waals surface area contributed by atoms with Crippen molar-refractivity contribution in [3.8, 4) is 5.75 Å². The summed E-state index contributed by atoms with van der Waals surface area (Å²) >= 11 is 3.32. The molecule has 2 rings (SSSR count). The Morgan fingerprint density at radius 3 is 2.57 bits per heavy atom. The van der Waals surface area contributed by atoms with Gasteiger partial charge < -0.3 is 10.1 Å². The fourth-order valence-corrected chi connectivity index (χ4v) is 2.69. The fourth-order valence-electron chi connectivity index (χ4n) is 2.18. The molecule has 1 unspecified atom stereocenters. The van der Waals surface area contributed by atoms with Crippen LogP contribution in [0.5, 0.6) is 5.75 Å². The topological polar surface area (TPSA) is 38.3 Å². The lowest BCUT2D eigenvalue weighted by Gasteiger charge is -2.11. The van der Waals surface area contributed by atoms with Gasteiger partial charge in [0.2, 0.25) is 5.91 Å². The maximum Gasteiger partial charge on any atom is 0.234 e. The van der Waals surface area contributed by atoms with Crippen LogP contribution in [0.3, 0.4) is 0 Å². The average molecular weight is 380 g/mol. The molecule has 0 aliphatic rings. The molecule has 0 saturated heterocycles. The minimum atomic E-state index is -0.449. The molecule has 0 fully saturated rings. The third-order valence-electron chi connectivity index (χ3n) is 3.51. The number of hydrogen-bond acceptors (Lipinski definition) is 2. The molecular weight excluding hydrogens is 361 g/mol. The smallest absolute Gasteiger partial charge is 0.234 e. The van der Waals surface area contributed by atoms with Gasteiger partial charge in [0.05, 0.1) is 11.9 Å². The highest BCUT2D eigenvalue weighted by Crippen LogP contribution is 2.14. The number of ether oxygens (including phenoxy) is 1. The van der Waals surface area contributed by atoms with E-state index in [1.165, 1.54) is 6.07 Å². The number of rotatable bonds is 7. The van der Waals surface area contributed by atoms with Gasteiger partial charge in [0.25, 0.3) is 0 Å². The Bertz CT molecular complexity index is 646. The average Bonchev–Trinajstić information content (AvgIpc) is 2.57.